The summed E-state index contributed by atoms with van der Waals surface area (Å²) in [6, 6.07) is 6.72. The normalized spacial score (nSPS) is 21.6. The molecule has 4 unspecified atom stereocenters. The van der Waals surface area contributed by atoms with E-state index in [1.165, 1.54) is 34.1 Å². The van der Waals surface area contributed by atoms with Gasteiger partial charge in [-0.1, -0.05) is 12.1 Å². The molecule has 3 heterocycles. The smallest absolute Gasteiger partial charge is 0.410 e. The van der Waals surface area contributed by atoms with Crippen LogP contribution in [-0.2, 0) is 19.1 Å². The van der Waals surface area contributed by atoms with Crippen molar-refractivity contribution in [1.29, 1.82) is 0 Å². The molecule has 286 valence electrons. The number of rotatable bonds is 8. The van der Waals surface area contributed by atoms with Crippen LogP contribution >= 0.6 is 0 Å². The summed E-state index contributed by atoms with van der Waals surface area (Å²) in [7, 11) is 0. The lowest BCUT2D eigenvalue weighted by Gasteiger charge is -2.28. The van der Waals surface area contributed by atoms with Crippen LogP contribution in [0.5, 0.6) is 0 Å². The maximum Gasteiger partial charge on any atom is 0.410 e. The molecule has 4 atom stereocenters. The Morgan fingerprint density at radius 3 is 1.40 bits per heavy atom. The van der Waals surface area contributed by atoms with E-state index in [4.69, 9.17) is 9.47 Å². The second-order valence-electron chi connectivity index (χ2n) is 15.6. The quantitative estimate of drug-likeness (QED) is 0.201. The number of nitrogens with zero attached hydrogens (tertiary/aromatic N) is 4. The molecule has 0 aliphatic carbocycles. The molecule has 17 nitrogen and oxygen atoms in total. The summed E-state index contributed by atoms with van der Waals surface area (Å²) in [6.45, 7) is 11.0. The fraction of sp³-hybridized carbons (Fsp3) is 0.556. The Kier molecular flexibility index (Phi) is 11.3. The monoisotopic (exact) mass is 737 g/mol. The van der Waals surface area contributed by atoms with Crippen LogP contribution in [0.15, 0.2) is 36.4 Å². The standard InChI is InChI=1S/C36H47N7O10/c1-35(2,3)52-33(46)40-17-7-9-27(40)31(44)38-25-13-11-21(19-29(25)42(48)49)23-15-16-24(37-23)22-12-14-26(30(20-22)43(50)51)39-32(45)28-10-8-18-41(28)34(47)53-36(4,5)6/h11-14,19-20,23-24,27-28,37H,7-10,15-18H2,1-6H3,(H,38,44)(H,39,45). The van der Waals surface area contributed by atoms with E-state index in [-0.39, 0.29) is 34.8 Å². The summed E-state index contributed by atoms with van der Waals surface area (Å²) >= 11 is 0. The van der Waals surface area contributed by atoms with E-state index in [1.807, 2.05) is 0 Å². The predicted molar refractivity (Wildman–Crippen MR) is 193 cm³/mol. The number of benzene rings is 2. The number of nitro benzene ring substituents is 2. The second kappa shape index (κ2) is 15.3. The Labute approximate surface area is 307 Å². The van der Waals surface area contributed by atoms with Gasteiger partial charge in [0.2, 0.25) is 11.8 Å². The van der Waals surface area contributed by atoms with Crippen molar-refractivity contribution in [2.24, 2.45) is 0 Å². The maximum absolute atomic E-state index is 13.2. The fourth-order valence-electron chi connectivity index (χ4n) is 6.90. The number of nitro groups is 2. The molecular weight excluding hydrogens is 690 g/mol. The first-order valence-corrected chi connectivity index (χ1v) is 17.7. The molecule has 5 rings (SSSR count). The van der Waals surface area contributed by atoms with Gasteiger partial charge in [0, 0.05) is 37.3 Å². The van der Waals surface area contributed by atoms with Crippen LogP contribution in [0, 0.1) is 20.2 Å². The van der Waals surface area contributed by atoms with Gasteiger partial charge in [0.25, 0.3) is 11.4 Å². The molecule has 2 aromatic carbocycles. The van der Waals surface area contributed by atoms with Crippen molar-refractivity contribution >= 4 is 46.8 Å². The molecule has 3 N–H and O–H groups in total. The first-order valence-electron chi connectivity index (χ1n) is 17.7. The third-order valence-corrected chi connectivity index (χ3v) is 9.27. The molecular formula is C36H47N7O10. The lowest BCUT2D eigenvalue weighted by Crippen LogP contribution is -2.45. The average molecular weight is 738 g/mol. The molecule has 17 heteroatoms. The molecule has 2 aromatic rings. The Morgan fingerprint density at radius 1 is 0.679 bits per heavy atom. The summed E-state index contributed by atoms with van der Waals surface area (Å²) in [4.78, 5) is 77.6. The number of anilines is 2. The van der Waals surface area contributed by atoms with Crippen molar-refractivity contribution in [2.75, 3.05) is 23.7 Å². The molecule has 0 radical (unpaired) electrons. The van der Waals surface area contributed by atoms with E-state index >= 15 is 0 Å². The average Bonchev–Trinajstić information content (AvgIpc) is 3.84. The lowest BCUT2D eigenvalue weighted by molar-refractivity contribution is -0.384. The highest BCUT2D eigenvalue weighted by molar-refractivity contribution is 5.99. The number of carbonyl (C=O) groups excluding carboxylic acids is 4. The topological polar surface area (TPSA) is 216 Å². The maximum atomic E-state index is 13.2. The van der Waals surface area contributed by atoms with E-state index in [9.17, 15) is 39.4 Å². The minimum atomic E-state index is -0.834. The van der Waals surface area contributed by atoms with Gasteiger partial charge in [-0.2, -0.15) is 0 Å². The van der Waals surface area contributed by atoms with Gasteiger partial charge in [0.15, 0.2) is 0 Å². The summed E-state index contributed by atoms with van der Waals surface area (Å²) in [5, 5.41) is 32.9. The number of ether oxygens (including phenoxy) is 2. The zero-order valence-corrected chi connectivity index (χ0v) is 30.8. The third-order valence-electron chi connectivity index (χ3n) is 9.27. The summed E-state index contributed by atoms with van der Waals surface area (Å²) in [6.07, 6.45) is 1.84. The largest absolute Gasteiger partial charge is 0.444 e. The van der Waals surface area contributed by atoms with Crippen LogP contribution in [0.25, 0.3) is 0 Å². The van der Waals surface area contributed by atoms with Crippen LogP contribution < -0.4 is 16.0 Å². The second-order valence-corrected chi connectivity index (χ2v) is 15.6. The predicted octanol–water partition coefficient (Wildman–Crippen LogP) is 6.34. The molecule has 53 heavy (non-hydrogen) atoms. The molecule has 4 amide bonds. The van der Waals surface area contributed by atoms with Gasteiger partial charge in [0.1, 0.15) is 34.7 Å². The van der Waals surface area contributed by atoms with Gasteiger partial charge in [-0.25, -0.2) is 9.59 Å². The van der Waals surface area contributed by atoms with Crippen LogP contribution in [0.3, 0.4) is 0 Å². The van der Waals surface area contributed by atoms with Gasteiger partial charge in [-0.05, 0) is 103 Å². The van der Waals surface area contributed by atoms with E-state index in [0.29, 0.717) is 62.7 Å². The summed E-state index contributed by atoms with van der Waals surface area (Å²) < 4.78 is 10.9. The fourth-order valence-corrected chi connectivity index (χ4v) is 6.90. The molecule has 3 aliphatic heterocycles. The van der Waals surface area contributed by atoms with E-state index in [2.05, 4.69) is 16.0 Å². The minimum Gasteiger partial charge on any atom is -0.444 e. The van der Waals surface area contributed by atoms with E-state index in [1.54, 1.807) is 53.7 Å². The Hall–Kier alpha value is -5.32. The van der Waals surface area contributed by atoms with Crippen molar-refractivity contribution in [3.05, 3.63) is 67.8 Å². The van der Waals surface area contributed by atoms with Gasteiger partial charge in [-0.3, -0.25) is 39.6 Å². The van der Waals surface area contributed by atoms with Gasteiger partial charge >= 0.3 is 12.2 Å². The zero-order valence-electron chi connectivity index (χ0n) is 30.8. The van der Waals surface area contributed by atoms with Crippen molar-refractivity contribution in [3.63, 3.8) is 0 Å². The van der Waals surface area contributed by atoms with Crippen LogP contribution in [0.4, 0.5) is 32.3 Å². The Balaban J connectivity index is 1.26. The number of nitrogens with one attached hydrogen (secondary N) is 3. The number of amides is 4. The van der Waals surface area contributed by atoms with Crippen LogP contribution in [-0.4, -0.2) is 80.0 Å². The number of carbonyl (C=O) groups is 4. The molecule has 3 aliphatic rings. The minimum absolute atomic E-state index is 0.00517. The van der Waals surface area contributed by atoms with Gasteiger partial charge < -0.3 is 25.4 Å². The molecule has 0 aromatic heterocycles. The number of hydrogen-bond donors (Lipinski definition) is 3. The molecule has 0 bridgehead atoms. The molecule has 0 saturated carbocycles. The molecule has 0 spiro atoms. The highest BCUT2D eigenvalue weighted by Gasteiger charge is 2.39. The number of likely N-dealkylation sites (tertiary alicyclic amines) is 2. The Bertz CT molecular complexity index is 1660. The van der Waals surface area contributed by atoms with E-state index in [0.717, 1.165) is 0 Å². The van der Waals surface area contributed by atoms with Gasteiger partial charge in [0.05, 0.1) is 9.85 Å². The van der Waals surface area contributed by atoms with Crippen molar-refractivity contribution in [3.8, 4) is 0 Å². The molecule has 3 saturated heterocycles. The highest BCUT2D eigenvalue weighted by atomic mass is 16.6. The SMILES string of the molecule is CC(C)(C)OC(=O)N1CCCC1C(=O)Nc1ccc(C2CCC(c3ccc(NC(=O)C4CCCN4C(=O)OC(C)(C)C)c([N+](=O)[O-])c3)N2)cc1[N+](=O)[O-]. The number of hydrogen-bond acceptors (Lipinski definition) is 11. The van der Waals surface area contributed by atoms with Crippen molar-refractivity contribution < 1.29 is 38.5 Å². The first-order chi connectivity index (χ1) is 24.8. The van der Waals surface area contributed by atoms with Crippen LogP contribution in [0.1, 0.15) is 103 Å². The zero-order chi connectivity index (χ0) is 38.8. The first kappa shape index (κ1) is 38.9. The van der Waals surface area contributed by atoms with Crippen LogP contribution in [0.2, 0.25) is 0 Å². The molecule has 3 fully saturated rings. The third kappa shape index (κ3) is 9.38. The summed E-state index contributed by atoms with van der Waals surface area (Å²) in [5.41, 5.74) is -0.944. The highest BCUT2D eigenvalue weighted by Crippen LogP contribution is 2.39. The Morgan fingerprint density at radius 2 is 1.06 bits per heavy atom. The lowest BCUT2D eigenvalue weighted by atomic mass is 10.0. The van der Waals surface area contributed by atoms with Crippen molar-refractivity contribution in [1.82, 2.24) is 15.1 Å². The summed E-state index contributed by atoms with van der Waals surface area (Å²) in [5.74, 6) is -1.10. The van der Waals surface area contributed by atoms with Crippen molar-refractivity contribution in [2.45, 2.75) is 115 Å². The van der Waals surface area contributed by atoms with E-state index < -0.39 is 57.1 Å². The van der Waals surface area contributed by atoms with Gasteiger partial charge in [-0.15, -0.1) is 0 Å².